The van der Waals surface area contributed by atoms with Crippen molar-refractivity contribution in [2.24, 2.45) is 0 Å². The van der Waals surface area contributed by atoms with Crippen molar-refractivity contribution < 1.29 is 9.50 Å². The Labute approximate surface area is 136 Å². The Kier molecular flexibility index (Phi) is 3.74. The number of thioether (sulfide) groups is 1. The number of halogens is 1. The number of hydrogen-bond donors (Lipinski definition) is 1. The monoisotopic (exact) mass is 330 g/mol. The van der Waals surface area contributed by atoms with Crippen molar-refractivity contribution >= 4 is 22.7 Å². The average Bonchev–Trinajstić information content (AvgIpc) is 3.32. The lowest BCUT2D eigenvalue weighted by atomic mass is 10.1. The third kappa shape index (κ3) is 2.82. The van der Waals surface area contributed by atoms with Crippen LogP contribution < -0.4 is 0 Å². The van der Waals surface area contributed by atoms with Crippen LogP contribution in [-0.2, 0) is 12.4 Å². The number of nitrogens with zero attached hydrogens (tertiary/aromatic N) is 4. The van der Waals surface area contributed by atoms with E-state index in [9.17, 15) is 9.50 Å². The third-order valence-corrected chi connectivity index (χ3v) is 4.89. The van der Waals surface area contributed by atoms with Gasteiger partial charge in [-0.3, -0.25) is 4.98 Å². The molecule has 0 aliphatic heterocycles. The fraction of sp³-hybridized carbons (Fsp3) is 0.312. The van der Waals surface area contributed by atoms with E-state index in [1.165, 1.54) is 23.9 Å². The van der Waals surface area contributed by atoms with Gasteiger partial charge in [0.25, 0.3) is 0 Å². The van der Waals surface area contributed by atoms with Gasteiger partial charge in [0.1, 0.15) is 12.4 Å². The predicted molar refractivity (Wildman–Crippen MR) is 85.5 cm³/mol. The second-order valence-electron chi connectivity index (χ2n) is 5.59. The normalized spacial score (nSPS) is 14.5. The molecule has 1 aliphatic carbocycles. The fourth-order valence-corrected chi connectivity index (χ4v) is 3.69. The van der Waals surface area contributed by atoms with Crippen molar-refractivity contribution in [1.82, 2.24) is 19.7 Å². The summed E-state index contributed by atoms with van der Waals surface area (Å²) >= 11 is 1.50. The van der Waals surface area contributed by atoms with Crippen LogP contribution in [-0.4, -0.2) is 24.9 Å². The first kappa shape index (κ1) is 14.6. The summed E-state index contributed by atoms with van der Waals surface area (Å²) < 4.78 is 15.8. The zero-order valence-electron chi connectivity index (χ0n) is 12.3. The highest BCUT2D eigenvalue weighted by Crippen LogP contribution is 2.39. The van der Waals surface area contributed by atoms with E-state index in [2.05, 4.69) is 15.2 Å². The van der Waals surface area contributed by atoms with Crippen LogP contribution in [0.3, 0.4) is 0 Å². The largest absolute Gasteiger partial charge is 0.388 e. The van der Waals surface area contributed by atoms with Crippen molar-refractivity contribution in [3.05, 3.63) is 47.7 Å². The Morgan fingerprint density at radius 3 is 2.96 bits per heavy atom. The van der Waals surface area contributed by atoms with E-state index in [1.54, 1.807) is 12.3 Å². The second kappa shape index (κ2) is 5.90. The van der Waals surface area contributed by atoms with E-state index < -0.39 is 0 Å². The van der Waals surface area contributed by atoms with E-state index in [-0.39, 0.29) is 12.4 Å². The number of benzene rings is 1. The molecule has 0 unspecified atom stereocenters. The summed E-state index contributed by atoms with van der Waals surface area (Å²) in [6.45, 7) is -0.117. The minimum Gasteiger partial charge on any atom is -0.388 e. The highest BCUT2D eigenvalue weighted by atomic mass is 32.2. The van der Waals surface area contributed by atoms with E-state index in [4.69, 9.17) is 0 Å². The highest BCUT2D eigenvalue weighted by Gasteiger charge is 2.29. The summed E-state index contributed by atoms with van der Waals surface area (Å²) in [6, 6.07) is 7.06. The molecular weight excluding hydrogens is 315 g/mol. The van der Waals surface area contributed by atoms with Gasteiger partial charge in [-0.15, -0.1) is 10.2 Å². The Morgan fingerprint density at radius 1 is 1.30 bits per heavy atom. The van der Waals surface area contributed by atoms with E-state index in [0.717, 1.165) is 34.5 Å². The molecule has 1 saturated carbocycles. The van der Waals surface area contributed by atoms with Crippen molar-refractivity contribution in [2.75, 3.05) is 0 Å². The molecule has 0 bridgehead atoms. The highest BCUT2D eigenvalue weighted by molar-refractivity contribution is 7.98. The van der Waals surface area contributed by atoms with Crippen molar-refractivity contribution in [2.45, 2.75) is 36.4 Å². The van der Waals surface area contributed by atoms with Crippen LogP contribution in [0.2, 0.25) is 0 Å². The zero-order valence-corrected chi connectivity index (χ0v) is 13.1. The van der Waals surface area contributed by atoms with E-state index in [1.807, 2.05) is 10.6 Å². The number of pyridine rings is 1. The molecule has 7 heteroatoms. The molecule has 0 radical (unpaired) electrons. The maximum absolute atomic E-state index is 13.8. The van der Waals surface area contributed by atoms with Gasteiger partial charge in [0.15, 0.2) is 11.0 Å². The van der Waals surface area contributed by atoms with Crippen molar-refractivity contribution in [3.63, 3.8) is 0 Å². The van der Waals surface area contributed by atoms with Gasteiger partial charge in [-0.1, -0.05) is 17.8 Å². The number of rotatable bonds is 5. The standard InChI is InChI=1S/C16H15FN4OS/c17-12-6-10-2-1-5-18-15(10)11(7-12)9-23-16-20-19-14(8-22)21(16)13-3-4-13/h1-2,5-7,13,22H,3-4,8-9H2. The molecule has 0 atom stereocenters. The SMILES string of the molecule is OCc1nnc(SCc2cc(F)cc3cccnc23)n1C1CC1. The van der Waals surface area contributed by atoms with Gasteiger partial charge >= 0.3 is 0 Å². The van der Waals surface area contributed by atoms with Crippen LogP contribution in [0.15, 0.2) is 35.6 Å². The van der Waals surface area contributed by atoms with Crippen LogP contribution in [0.4, 0.5) is 4.39 Å². The molecule has 2 heterocycles. The number of aromatic nitrogens is 4. The molecule has 118 valence electrons. The smallest absolute Gasteiger partial charge is 0.191 e. The van der Waals surface area contributed by atoms with Gasteiger partial charge in [-0.25, -0.2) is 4.39 Å². The van der Waals surface area contributed by atoms with Crippen LogP contribution in [0, 0.1) is 5.82 Å². The topological polar surface area (TPSA) is 63.8 Å². The second-order valence-corrected chi connectivity index (χ2v) is 6.53. The quantitative estimate of drug-likeness (QED) is 0.728. The lowest BCUT2D eigenvalue weighted by molar-refractivity contribution is 0.263. The Balaban J connectivity index is 1.64. The summed E-state index contributed by atoms with van der Waals surface area (Å²) in [6.07, 6.45) is 3.89. The molecule has 23 heavy (non-hydrogen) atoms. The molecule has 0 spiro atoms. The molecule has 3 aromatic rings. The third-order valence-electron chi connectivity index (χ3n) is 3.89. The first-order valence-electron chi connectivity index (χ1n) is 7.47. The van der Waals surface area contributed by atoms with E-state index in [0.29, 0.717) is 17.6 Å². The number of aliphatic hydroxyl groups excluding tert-OH is 1. The molecule has 0 saturated heterocycles. The molecule has 1 aliphatic rings. The Morgan fingerprint density at radius 2 is 2.17 bits per heavy atom. The Hall–Kier alpha value is -1.99. The molecule has 1 fully saturated rings. The summed E-state index contributed by atoms with van der Waals surface area (Å²) in [5.41, 5.74) is 1.64. The number of aliphatic hydroxyl groups is 1. The lowest BCUT2D eigenvalue weighted by Gasteiger charge is -2.08. The maximum atomic E-state index is 13.8. The first-order chi connectivity index (χ1) is 11.3. The van der Waals surface area contributed by atoms with Gasteiger partial charge in [0, 0.05) is 23.4 Å². The summed E-state index contributed by atoms with van der Waals surface area (Å²) in [5.74, 6) is 0.889. The molecule has 1 N–H and O–H groups in total. The number of fused-ring (bicyclic) bond motifs is 1. The van der Waals surface area contributed by atoms with Crippen LogP contribution in [0.5, 0.6) is 0 Å². The first-order valence-corrected chi connectivity index (χ1v) is 8.45. The molecule has 0 amide bonds. The molecule has 2 aromatic heterocycles. The summed E-state index contributed by atoms with van der Waals surface area (Å²) in [5, 5.41) is 19.1. The summed E-state index contributed by atoms with van der Waals surface area (Å²) in [7, 11) is 0. The minimum absolute atomic E-state index is 0.117. The summed E-state index contributed by atoms with van der Waals surface area (Å²) in [4.78, 5) is 4.36. The minimum atomic E-state index is -0.263. The van der Waals surface area contributed by atoms with Gasteiger partial charge in [-0.2, -0.15) is 0 Å². The van der Waals surface area contributed by atoms with Crippen LogP contribution >= 0.6 is 11.8 Å². The van der Waals surface area contributed by atoms with Gasteiger partial charge in [0.05, 0.1) is 5.52 Å². The average molecular weight is 330 g/mol. The van der Waals surface area contributed by atoms with Gasteiger partial charge in [-0.05, 0) is 36.6 Å². The van der Waals surface area contributed by atoms with Crippen molar-refractivity contribution in [3.8, 4) is 0 Å². The van der Waals surface area contributed by atoms with Crippen LogP contribution in [0.1, 0.15) is 30.3 Å². The van der Waals surface area contributed by atoms with Crippen molar-refractivity contribution in [1.29, 1.82) is 0 Å². The maximum Gasteiger partial charge on any atom is 0.191 e. The predicted octanol–water partition coefficient (Wildman–Crippen LogP) is 3.08. The molecule has 1 aromatic carbocycles. The molecular formula is C16H15FN4OS. The van der Waals surface area contributed by atoms with E-state index >= 15 is 0 Å². The molecule has 5 nitrogen and oxygen atoms in total. The van der Waals surface area contributed by atoms with Gasteiger partial charge in [0.2, 0.25) is 0 Å². The Bertz CT molecular complexity index is 862. The number of hydrogen-bond acceptors (Lipinski definition) is 5. The van der Waals surface area contributed by atoms with Gasteiger partial charge < -0.3 is 9.67 Å². The molecule has 4 rings (SSSR count). The fourth-order valence-electron chi connectivity index (χ4n) is 2.69. The van der Waals surface area contributed by atoms with Crippen LogP contribution in [0.25, 0.3) is 10.9 Å². The lowest BCUT2D eigenvalue weighted by Crippen LogP contribution is -2.03. The zero-order chi connectivity index (χ0) is 15.8.